The number of anilines is 3. The van der Waals surface area contributed by atoms with Crippen molar-refractivity contribution in [1.29, 1.82) is 0 Å². The fourth-order valence-corrected chi connectivity index (χ4v) is 4.24. The first-order valence-electron chi connectivity index (χ1n) is 13.3. The Morgan fingerprint density at radius 1 is 0.548 bits per heavy atom. The summed E-state index contributed by atoms with van der Waals surface area (Å²) in [6.07, 6.45) is 0. The van der Waals surface area contributed by atoms with Crippen LogP contribution in [0.2, 0.25) is 0 Å². The molecule has 0 saturated carbocycles. The highest BCUT2D eigenvalue weighted by atomic mass is 16.7. The average molecular weight is 562 g/mol. The highest BCUT2D eigenvalue weighted by Crippen LogP contribution is 2.35. The molecule has 8 nitrogen and oxygen atoms in total. The maximum Gasteiger partial charge on any atom is 0.331 e. The molecular formula is C34H31N3O5. The number of nitrogens with zero attached hydrogens (tertiary/aromatic N) is 3. The van der Waals surface area contributed by atoms with Gasteiger partial charge in [-0.05, 0) is 86.5 Å². The molecule has 0 fully saturated rings. The minimum atomic E-state index is -0.488. The van der Waals surface area contributed by atoms with E-state index in [-0.39, 0.29) is 5.78 Å². The maximum atomic E-state index is 13.1. The lowest BCUT2D eigenvalue weighted by Gasteiger charge is -2.26. The Morgan fingerprint density at radius 2 is 0.952 bits per heavy atom. The highest BCUT2D eigenvalue weighted by Gasteiger charge is 2.16. The second kappa shape index (κ2) is 13.3. The Balaban J connectivity index is 1.70. The zero-order chi connectivity index (χ0) is 30.2. The van der Waals surface area contributed by atoms with Crippen LogP contribution in [0.5, 0.6) is 0 Å². The van der Waals surface area contributed by atoms with Gasteiger partial charge in [-0.25, -0.2) is 9.59 Å². The van der Waals surface area contributed by atoms with Gasteiger partial charge in [0.2, 0.25) is 0 Å². The van der Waals surface area contributed by atoms with E-state index in [1.54, 1.807) is 13.8 Å². The van der Waals surface area contributed by atoms with Gasteiger partial charge in [0.05, 0.1) is 11.4 Å². The summed E-state index contributed by atoms with van der Waals surface area (Å²) in [5, 5.41) is 7.74. The van der Waals surface area contributed by atoms with Crippen LogP contribution in [0.1, 0.15) is 60.3 Å². The number of aryl methyl sites for hydroxylation is 1. The van der Waals surface area contributed by atoms with Crippen LogP contribution in [-0.4, -0.2) is 29.1 Å². The van der Waals surface area contributed by atoms with Crippen LogP contribution in [-0.2, 0) is 19.3 Å². The Morgan fingerprint density at radius 3 is 1.33 bits per heavy atom. The number of carbonyl (C=O) groups is 3. The lowest BCUT2D eigenvalue weighted by atomic mass is 10.0. The van der Waals surface area contributed by atoms with Crippen LogP contribution in [0.4, 0.5) is 17.1 Å². The molecule has 4 rings (SSSR count). The second-order valence-electron chi connectivity index (χ2n) is 9.69. The molecule has 0 saturated heterocycles. The van der Waals surface area contributed by atoms with Gasteiger partial charge in [-0.3, -0.25) is 4.79 Å². The van der Waals surface area contributed by atoms with Crippen LogP contribution in [0.15, 0.2) is 107 Å². The van der Waals surface area contributed by atoms with E-state index >= 15 is 0 Å². The molecule has 0 spiro atoms. The monoisotopic (exact) mass is 561 g/mol. The van der Waals surface area contributed by atoms with Gasteiger partial charge in [-0.1, -0.05) is 58.3 Å². The summed E-state index contributed by atoms with van der Waals surface area (Å²) in [4.78, 5) is 47.0. The molecule has 0 unspecified atom stereocenters. The molecule has 0 radical (unpaired) electrons. The SMILES string of the molecule is CC(=O)ON=C(C)c1ccc(N(c2ccc(C(=O)c3cccc(C)c3)cc2)c2ccc(C(C)=NOC(C)=O)cc2)cc1. The van der Waals surface area contributed by atoms with Gasteiger partial charge in [0.15, 0.2) is 5.78 Å². The van der Waals surface area contributed by atoms with Crippen molar-refractivity contribution >= 4 is 46.2 Å². The van der Waals surface area contributed by atoms with E-state index in [0.29, 0.717) is 22.6 Å². The lowest BCUT2D eigenvalue weighted by molar-refractivity contribution is -0.141. The molecule has 0 aliphatic heterocycles. The maximum absolute atomic E-state index is 13.1. The van der Waals surface area contributed by atoms with Crippen molar-refractivity contribution in [3.05, 3.63) is 125 Å². The van der Waals surface area contributed by atoms with E-state index in [2.05, 4.69) is 10.3 Å². The van der Waals surface area contributed by atoms with E-state index in [1.165, 1.54) is 13.8 Å². The molecule has 42 heavy (non-hydrogen) atoms. The summed E-state index contributed by atoms with van der Waals surface area (Å²) < 4.78 is 0. The zero-order valence-corrected chi connectivity index (χ0v) is 24.1. The van der Waals surface area contributed by atoms with E-state index in [4.69, 9.17) is 9.68 Å². The van der Waals surface area contributed by atoms with Crippen LogP contribution < -0.4 is 4.90 Å². The first-order valence-corrected chi connectivity index (χ1v) is 13.3. The summed E-state index contributed by atoms with van der Waals surface area (Å²) in [7, 11) is 0. The van der Waals surface area contributed by atoms with E-state index in [0.717, 1.165) is 33.8 Å². The summed E-state index contributed by atoms with van der Waals surface area (Å²) >= 11 is 0. The molecule has 4 aromatic rings. The molecule has 0 amide bonds. The fourth-order valence-electron chi connectivity index (χ4n) is 4.24. The Kier molecular flexibility index (Phi) is 9.39. The largest absolute Gasteiger partial charge is 0.331 e. The standard InChI is InChI=1S/C34H31N3O5/c1-22-7-6-8-30(21-22)34(40)29-13-19-33(20-14-29)37(31-15-9-27(10-16-31)23(2)35-41-25(4)38)32-17-11-28(12-18-32)24(3)36-42-26(5)39/h6-21H,1-5H3. The molecule has 0 aromatic heterocycles. The quantitative estimate of drug-likeness (QED) is 0.0923. The summed E-state index contributed by atoms with van der Waals surface area (Å²) in [6, 6.07) is 30.3. The molecule has 0 bridgehead atoms. The average Bonchev–Trinajstić information content (AvgIpc) is 2.99. The first kappa shape index (κ1) is 29.6. The number of oxime groups is 2. The number of rotatable bonds is 9. The molecular weight excluding hydrogens is 530 g/mol. The van der Waals surface area contributed by atoms with Crippen LogP contribution in [0, 0.1) is 6.92 Å². The van der Waals surface area contributed by atoms with Gasteiger partial charge in [0.1, 0.15) is 0 Å². The van der Waals surface area contributed by atoms with Gasteiger partial charge in [-0.2, -0.15) is 0 Å². The topological polar surface area (TPSA) is 97.6 Å². The number of hydrogen-bond donors (Lipinski definition) is 0. The minimum absolute atomic E-state index is 0.0457. The van der Waals surface area contributed by atoms with Crippen molar-refractivity contribution in [2.24, 2.45) is 10.3 Å². The van der Waals surface area contributed by atoms with E-state index in [1.807, 2.05) is 109 Å². The third-order valence-electron chi connectivity index (χ3n) is 6.38. The van der Waals surface area contributed by atoms with Crippen LogP contribution in [0.3, 0.4) is 0 Å². The summed E-state index contributed by atoms with van der Waals surface area (Å²) in [6.45, 7) is 8.08. The van der Waals surface area contributed by atoms with Crippen LogP contribution in [0.25, 0.3) is 0 Å². The molecule has 0 N–H and O–H groups in total. The van der Waals surface area contributed by atoms with Crippen molar-refractivity contribution in [2.45, 2.75) is 34.6 Å². The highest BCUT2D eigenvalue weighted by molar-refractivity contribution is 6.09. The Hall–Kier alpha value is -5.37. The van der Waals surface area contributed by atoms with Gasteiger partial charge in [0, 0.05) is 42.0 Å². The molecule has 4 aromatic carbocycles. The summed E-state index contributed by atoms with van der Waals surface area (Å²) in [5.41, 5.74) is 7.53. The summed E-state index contributed by atoms with van der Waals surface area (Å²) in [5.74, 6) is -1.02. The van der Waals surface area contributed by atoms with Crippen molar-refractivity contribution in [2.75, 3.05) is 4.90 Å². The third-order valence-corrected chi connectivity index (χ3v) is 6.38. The normalized spacial score (nSPS) is 11.5. The van der Waals surface area contributed by atoms with Crippen molar-refractivity contribution < 1.29 is 24.1 Å². The molecule has 0 heterocycles. The predicted octanol–water partition coefficient (Wildman–Crippen LogP) is 7.27. The van der Waals surface area contributed by atoms with Crippen LogP contribution >= 0.6 is 0 Å². The zero-order valence-electron chi connectivity index (χ0n) is 24.1. The Labute approximate surface area is 244 Å². The van der Waals surface area contributed by atoms with Gasteiger partial charge >= 0.3 is 11.9 Å². The van der Waals surface area contributed by atoms with Gasteiger partial charge in [0.25, 0.3) is 0 Å². The molecule has 0 aliphatic rings. The Bertz CT molecular complexity index is 1580. The van der Waals surface area contributed by atoms with Crippen molar-refractivity contribution in [3.63, 3.8) is 0 Å². The smallest absolute Gasteiger partial charge is 0.318 e. The predicted molar refractivity (Wildman–Crippen MR) is 164 cm³/mol. The number of ketones is 1. The second-order valence-corrected chi connectivity index (χ2v) is 9.69. The van der Waals surface area contributed by atoms with Crippen molar-refractivity contribution in [3.8, 4) is 0 Å². The minimum Gasteiger partial charge on any atom is -0.318 e. The van der Waals surface area contributed by atoms with Gasteiger partial charge < -0.3 is 14.6 Å². The number of hydrogen-bond acceptors (Lipinski definition) is 8. The molecule has 8 heteroatoms. The van der Waals surface area contributed by atoms with Gasteiger partial charge in [-0.15, -0.1) is 0 Å². The molecule has 0 atom stereocenters. The fraction of sp³-hybridized carbons (Fsp3) is 0.147. The third kappa shape index (κ3) is 7.42. The van der Waals surface area contributed by atoms with Crippen molar-refractivity contribution in [1.82, 2.24) is 0 Å². The molecule has 0 aliphatic carbocycles. The lowest BCUT2D eigenvalue weighted by Crippen LogP contribution is -2.11. The first-order chi connectivity index (χ1) is 20.1. The number of carbonyl (C=O) groups excluding carboxylic acids is 3. The van der Waals surface area contributed by atoms with E-state index in [9.17, 15) is 14.4 Å². The number of benzene rings is 4. The van der Waals surface area contributed by atoms with E-state index < -0.39 is 11.9 Å². The molecule has 212 valence electrons.